The lowest BCUT2D eigenvalue weighted by atomic mass is 9.92. The van der Waals surface area contributed by atoms with E-state index in [4.69, 9.17) is 5.73 Å². The minimum absolute atomic E-state index is 0.342. The molecule has 3 nitrogen and oxygen atoms in total. The van der Waals surface area contributed by atoms with E-state index < -0.39 is 0 Å². The van der Waals surface area contributed by atoms with Crippen LogP contribution in [0.4, 0.5) is 0 Å². The highest BCUT2D eigenvalue weighted by Crippen LogP contribution is 2.24. The highest BCUT2D eigenvalue weighted by molar-refractivity contribution is 5.77. The summed E-state index contributed by atoms with van der Waals surface area (Å²) in [5, 5.41) is 0. The SMILES string of the molecule is CCCC1CCCCN1C(=O)C[C@@H](CN)CC(C)C. The van der Waals surface area contributed by atoms with E-state index >= 15 is 0 Å². The zero-order valence-electron chi connectivity index (χ0n) is 13.0. The van der Waals surface area contributed by atoms with Crippen molar-refractivity contribution in [2.24, 2.45) is 17.6 Å². The van der Waals surface area contributed by atoms with Gasteiger partial charge in [0.2, 0.25) is 5.91 Å². The van der Waals surface area contributed by atoms with E-state index in [1.807, 2.05) is 0 Å². The second-order valence-corrected chi connectivity index (χ2v) is 6.46. The fourth-order valence-corrected chi connectivity index (χ4v) is 3.26. The summed E-state index contributed by atoms with van der Waals surface area (Å²) in [5.74, 6) is 1.32. The molecule has 1 saturated heterocycles. The van der Waals surface area contributed by atoms with Crippen molar-refractivity contribution in [2.75, 3.05) is 13.1 Å². The molecule has 112 valence electrons. The third kappa shape index (κ3) is 5.52. The van der Waals surface area contributed by atoms with Crippen molar-refractivity contribution in [1.29, 1.82) is 0 Å². The standard InChI is InChI=1S/C16H32N2O/c1-4-7-15-8-5-6-9-18(15)16(19)11-14(12-17)10-13(2)3/h13-15H,4-12,17H2,1-3H3/t14-,15?/m0/s1. The van der Waals surface area contributed by atoms with Crippen molar-refractivity contribution in [2.45, 2.75) is 71.8 Å². The van der Waals surface area contributed by atoms with Crippen molar-refractivity contribution in [3.05, 3.63) is 0 Å². The maximum Gasteiger partial charge on any atom is 0.223 e. The highest BCUT2D eigenvalue weighted by atomic mass is 16.2. The number of piperidine rings is 1. The van der Waals surface area contributed by atoms with Crippen LogP contribution in [0.15, 0.2) is 0 Å². The van der Waals surface area contributed by atoms with Gasteiger partial charge >= 0.3 is 0 Å². The number of carbonyl (C=O) groups excluding carboxylic acids is 1. The summed E-state index contributed by atoms with van der Waals surface area (Å²) in [4.78, 5) is 14.7. The average molecular weight is 268 g/mol. The van der Waals surface area contributed by atoms with Gasteiger partial charge in [-0.25, -0.2) is 0 Å². The molecule has 0 bridgehead atoms. The summed E-state index contributed by atoms with van der Waals surface area (Å²) >= 11 is 0. The number of likely N-dealkylation sites (tertiary alicyclic amines) is 1. The summed E-state index contributed by atoms with van der Waals surface area (Å²) < 4.78 is 0. The first-order chi connectivity index (χ1) is 9.08. The van der Waals surface area contributed by atoms with Gasteiger partial charge in [0.05, 0.1) is 0 Å². The molecule has 1 aliphatic rings. The van der Waals surface area contributed by atoms with Crippen molar-refractivity contribution in [3.63, 3.8) is 0 Å². The second kappa shape index (κ2) is 8.57. The first-order valence-corrected chi connectivity index (χ1v) is 8.08. The van der Waals surface area contributed by atoms with Gasteiger partial charge in [-0.15, -0.1) is 0 Å². The van der Waals surface area contributed by atoms with Crippen molar-refractivity contribution in [3.8, 4) is 0 Å². The number of carbonyl (C=O) groups is 1. The molecule has 0 aromatic heterocycles. The van der Waals surface area contributed by atoms with Crippen LogP contribution in [0.1, 0.15) is 65.7 Å². The van der Waals surface area contributed by atoms with Gasteiger partial charge < -0.3 is 10.6 Å². The molecule has 3 heteroatoms. The van der Waals surface area contributed by atoms with Gasteiger partial charge in [0.15, 0.2) is 0 Å². The van der Waals surface area contributed by atoms with Crippen LogP contribution in [-0.4, -0.2) is 29.9 Å². The van der Waals surface area contributed by atoms with E-state index in [0.717, 1.165) is 19.4 Å². The van der Waals surface area contributed by atoms with Crippen molar-refractivity contribution < 1.29 is 4.79 Å². The van der Waals surface area contributed by atoms with Gasteiger partial charge in [-0.05, 0) is 50.5 Å². The molecule has 2 N–H and O–H groups in total. The largest absolute Gasteiger partial charge is 0.340 e. The monoisotopic (exact) mass is 268 g/mol. The van der Waals surface area contributed by atoms with E-state index in [0.29, 0.717) is 36.8 Å². The van der Waals surface area contributed by atoms with Crippen LogP contribution < -0.4 is 5.73 Å². The predicted octanol–water partition coefficient (Wildman–Crippen LogP) is 3.18. The van der Waals surface area contributed by atoms with Gasteiger partial charge in [0.1, 0.15) is 0 Å². The fourth-order valence-electron chi connectivity index (χ4n) is 3.26. The molecule has 0 saturated carbocycles. The lowest BCUT2D eigenvalue weighted by Gasteiger charge is -2.36. The Morgan fingerprint density at radius 2 is 2.11 bits per heavy atom. The summed E-state index contributed by atoms with van der Waals surface area (Å²) in [6.45, 7) is 8.21. The van der Waals surface area contributed by atoms with Crippen LogP contribution in [0, 0.1) is 11.8 Å². The molecular weight excluding hydrogens is 236 g/mol. The topological polar surface area (TPSA) is 46.3 Å². The lowest BCUT2D eigenvalue weighted by molar-refractivity contribution is -0.136. The molecule has 1 unspecified atom stereocenters. The Bertz CT molecular complexity index is 263. The minimum Gasteiger partial charge on any atom is -0.340 e. The van der Waals surface area contributed by atoms with Crippen LogP contribution in [0.2, 0.25) is 0 Å². The number of hydrogen-bond acceptors (Lipinski definition) is 2. The van der Waals surface area contributed by atoms with E-state index in [2.05, 4.69) is 25.7 Å². The quantitative estimate of drug-likeness (QED) is 0.771. The number of rotatable bonds is 7. The molecule has 0 aromatic carbocycles. The highest BCUT2D eigenvalue weighted by Gasteiger charge is 2.27. The molecular formula is C16H32N2O. The summed E-state index contributed by atoms with van der Waals surface area (Å²) in [7, 11) is 0. The normalized spacial score (nSPS) is 21.7. The second-order valence-electron chi connectivity index (χ2n) is 6.46. The zero-order valence-corrected chi connectivity index (χ0v) is 13.0. The molecule has 0 spiro atoms. The third-order valence-electron chi connectivity index (χ3n) is 4.17. The number of hydrogen-bond donors (Lipinski definition) is 1. The van der Waals surface area contributed by atoms with Gasteiger partial charge in [0, 0.05) is 19.0 Å². The Labute approximate surface area is 118 Å². The van der Waals surface area contributed by atoms with Crippen molar-refractivity contribution >= 4 is 5.91 Å². The third-order valence-corrected chi connectivity index (χ3v) is 4.17. The smallest absolute Gasteiger partial charge is 0.223 e. The van der Waals surface area contributed by atoms with Crippen molar-refractivity contribution in [1.82, 2.24) is 4.90 Å². The Kier molecular flexibility index (Phi) is 7.44. The zero-order chi connectivity index (χ0) is 14.3. The number of nitrogens with zero attached hydrogens (tertiary/aromatic N) is 1. The lowest BCUT2D eigenvalue weighted by Crippen LogP contribution is -2.44. The molecule has 0 radical (unpaired) electrons. The molecule has 2 atom stereocenters. The maximum absolute atomic E-state index is 12.5. The molecule has 0 aliphatic carbocycles. The Balaban J connectivity index is 2.53. The van der Waals surface area contributed by atoms with E-state index in [9.17, 15) is 4.79 Å². The molecule has 1 rings (SSSR count). The minimum atomic E-state index is 0.342. The van der Waals surface area contributed by atoms with Crippen LogP contribution in [0.5, 0.6) is 0 Å². The van der Waals surface area contributed by atoms with Crippen LogP contribution in [0.25, 0.3) is 0 Å². The Hall–Kier alpha value is -0.570. The fraction of sp³-hybridized carbons (Fsp3) is 0.938. The summed E-state index contributed by atoms with van der Waals surface area (Å²) in [5.41, 5.74) is 5.82. The van der Waals surface area contributed by atoms with Gasteiger partial charge in [-0.2, -0.15) is 0 Å². The molecule has 1 amide bonds. The predicted molar refractivity (Wildman–Crippen MR) is 80.9 cm³/mol. The molecule has 0 aromatic rings. The number of nitrogens with two attached hydrogens (primary N) is 1. The van der Waals surface area contributed by atoms with Gasteiger partial charge in [0.25, 0.3) is 0 Å². The van der Waals surface area contributed by atoms with Crippen LogP contribution in [0.3, 0.4) is 0 Å². The van der Waals surface area contributed by atoms with E-state index in [1.165, 1.54) is 25.7 Å². The number of amides is 1. The summed E-state index contributed by atoms with van der Waals surface area (Å²) in [6.07, 6.45) is 7.68. The van der Waals surface area contributed by atoms with E-state index in [1.54, 1.807) is 0 Å². The van der Waals surface area contributed by atoms with Gasteiger partial charge in [-0.1, -0.05) is 27.2 Å². The first-order valence-electron chi connectivity index (χ1n) is 8.08. The van der Waals surface area contributed by atoms with E-state index in [-0.39, 0.29) is 0 Å². The Morgan fingerprint density at radius 1 is 1.37 bits per heavy atom. The molecule has 1 fully saturated rings. The molecule has 1 aliphatic heterocycles. The molecule has 1 heterocycles. The van der Waals surface area contributed by atoms with Crippen LogP contribution >= 0.6 is 0 Å². The summed E-state index contributed by atoms with van der Waals surface area (Å²) in [6, 6.07) is 0.490. The van der Waals surface area contributed by atoms with Gasteiger partial charge in [-0.3, -0.25) is 4.79 Å². The Morgan fingerprint density at radius 3 is 2.68 bits per heavy atom. The average Bonchev–Trinajstić information content (AvgIpc) is 2.38. The van der Waals surface area contributed by atoms with Crippen LogP contribution in [-0.2, 0) is 4.79 Å². The molecule has 19 heavy (non-hydrogen) atoms. The first kappa shape index (κ1) is 16.5. The maximum atomic E-state index is 12.5.